The van der Waals surface area contributed by atoms with Gasteiger partial charge in [-0.15, -0.1) is 11.3 Å². The van der Waals surface area contributed by atoms with E-state index in [1.165, 1.54) is 15.0 Å². The number of hydrogen-bond acceptors (Lipinski definition) is 3. The zero-order chi connectivity index (χ0) is 13.7. The highest BCUT2D eigenvalue weighted by Gasteiger charge is 2.16. The number of benzene rings is 1. The smallest absolute Gasteiger partial charge is 0.0931 e. The van der Waals surface area contributed by atoms with Crippen molar-refractivity contribution in [1.29, 1.82) is 0 Å². The predicted molar refractivity (Wildman–Crippen MR) is 85.8 cm³/mol. The molecule has 102 valence electrons. The molecular formula is C15H19BrN2S. The molecule has 0 aliphatic heterocycles. The van der Waals surface area contributed by atoms with E-state index in [4.69, 9.17) is 0 Å². The maximum atomic E-state index is 4.41. The van der Waals surface area contributed by atoms with Gasteiger partial charge in [0.15, 0.2) is 0 Å². The summed E-state index contributed by atoms with van der Waals surface area (Å²) in [6.07, 6.45) is 2.87. The van der Waals surface area contributed by atoms with Crippen LogP contribution in [-0.2, 0) is 6.42 Å². The second-order valence-electron chi connectivity index (χ2n) is 4.91. The number of nitrogens with one attached hydrogen (secondary N) is 1. The van der Waals surface area contributed by atoms with Gasteiger partial charge < -0.3 is 5.32 Å². The molecule has 1 aromatic heterocycles. The maximum absolute atomic E-state index is 4.41. The molecule has 1 unspecified atom stereocenters. The Labute approximate surface area is 127 Å². The number of thiazole rings is 1. The predicted octanol–water partition coefficient (Wildman–Crippen LogP) is 4.23. The second kappa shape index (κ2) is 7.17. The molecule has 1 atom stereocenters. The van der Waals surface area contributed by atoms with E-state index in [2.05, 4.69) is 64.3 Å². The fraction of sp³-hybridized carbons (Fsp3) is 0.400. The summed E-state index contributed by atoms with van der Waals surface area (Å²) in [5.74, 6) is 0.448. The minimum absolute atomic E-state index is 0.448. The van der Waals surface area contributed by atoms with Crippen LogP contribution in [0.2, 0.25) is 0 Å². The zero-order valence-electron chi connectivity index (χ0n) is 11.3. The van der Waals surface area contributed by atoms with Crippen LogP contribution in [0.5, 0.6) is 0 Å². The van der Waals surface area contributed by atoms with Crippen molar-refractivity contribution in [1.82, 2.24) is 10.3 Å². The third kappa shape index (κ3) is 4.41. The van der Waals surface area contributed by atoms with Crippen LogP contribution in [0.1, 0.15) is 30.3 Å². The van der Waals surface area contributed by atoms with Gasteiger partial charge in [-0.2, -0.15) is 0 Å². The van der Waals surface area contributed by atoms with Crippen LogP contribution in [0.15, 0.2) is 40.3 Å². The zero-order valence-corrected chi connectivity index (χ0v) is 13.7. The first-order valence-electron chi connectivity index (χ1n) is 6.53. The van der Waals surface area contributed by atoms with Gasteiger partial charge in [-0.25, -0.2) is 4.98 Å². The summed E-state index contributed by atoms with van der Waals surface area (Å²) < 4.78 is 1.18. The Morgan fingerprint density at radius 2 is 2.11 bits per heavy atom. The summed E-state index contributed by atoms with van der Waals surface area (Å²) >= 11 is 5.40. The molecule has 2 rings (SSSR count). The first kappa shape index (κ1) is 14.7. The van der Waals surface area contributed by atoms with Gasteiger partial charge in [0.1, 0.15) is 0 Å². The van der Waals surface area contributed by atoms with Crippen molar-refractivity contribution in [2.75, 3.05) is 6.54 Å². The van der Waals surface area contributed by atoms with Crippen LogP contribution in [0.4, 0.5) is 0 Å². The summed E-state index contributed by atoms with van der Waals surface area (Å²) in [5.41, 5.74) is 1.35. The van der Waals surface area contributed by atoms with Gasteiger partial charge in [0.2, 0.25) is 0 Å². The van der Waals surface area contributed by atoms with E-state index in [-0.39, 0.29) is 0 Å². The summed E-state index contributed by atoms with van der Waals surface area (Å²) in [5, 5.41) is 6.78. The lowest BCUT2D eigenvalue weighted by molar-refractivity contribution is 0.525. The highest BCUT2D eigenvalue weighted by Crippen LogP contribution is 2.28. The van der Waals surface area contributed by atoms with Gasteiger partial charge in [0.05, 0.1) is 5.01 Å². The van der Waals surface area contributed by atoms with Crippen LogP contribution in [0, 0.1) is 0 Å². The highest BCUT2D eigenvalue weighted by atomic mass is 79.9. The Bertz CT molecular complexity index is 497. The van der Waals surface area contributed by atoms with Gasteiger partial charge in [-0.05, 0) is 11.6 Å². The van der Waals surface area contributed by atoms with E-state index in [0.29, 0.717) is 12.0 Å². The van der Waals surface area contributed by atoms with Gasteiger partial charge in [-0.3, -0.25) is 0 Å². The number of aromatic nitrogens is 1. The fourth-order valence-corrected chi connectivity index (χ4v) is 3.35. The van der Waals surface area contributed by atoms with E-state index < -0.39 is 0 Å². The van der Waals surface area contributed by atoms with Crippen LogP contribution in [0.3, 0.4) is 0 Å². The topological polar surface area (TPSA) is 24.9 Å². The van der Waals surface area contributed by atoms with Crippen molar-refractivity contribution in [3.8, 4) is 0 Å². The van der Waals surface area contributed by atoms with Gasteiger partial charge >= 0.3 is 0 Å². The maximum Gasteiger partial charge on any atom is 0.0931 e. The van der Waals surface area contributed by atoms with Crippen molar-refractivity contribution in [2.45, 2.75) is 32.2 Å². The molecule has 0 radical (unpaired) electrons. The quantitative estimate of drug-likeness (QED) is 0.852. The highest BCUT2D eigenvalue weighted by molar-refractivity contribution is 9.10. The number of rotatable bonds is 6. The molecule has 1 N–H and O–H groups in total. The van der Waals surface area contributed by atoms with E-state index in [9.17, 15) is 0 Å². The Morgan fingerprint density at radius 1 is 1.32 bits per heavy atom. The molecule has 0 fully saturated rings. The van der Waals surface area contributed by atoms with E-state index in [0.717, 1.165) is 13.0 Å². The third-order valence-electron chi connectivity index (χ3n) is 3.02. The molecule has 1 aromatic carbocycles. The average Bonchev–Trinajstić information content (AvgIpc) is 2.88. The standard InChI is InChI=1S/C15H19BrN2S/c1-11(2)18-10-12(9-15-17-7-8-19-15)13-5-3-4-6-14(13)16/h3-8,11-12,18H,9-10H2,1-2H3. The number of nitrogens with zero attached hydrogens (tertiary/aromatic N) is 1. The molecule has 4 heteroatoms. The Morgan fingerprint density at radius 3 is 2.74 bits per heavy atom. The van der Waals surface area contributed by atoms with Crippen molar-refractivity contribution in [2.24, 2.45) is 0 Å². The van der Waals surface area contributed by atoms with Gasteiger partial charge in [0, 0.05) is 41.0 Å². The Hall–Kier alpha value is -0.710. The van der Waals surface area contributed by atoms with Crippen LogP contribution in [0.25, 0.3) is 0 Å². The van der Waals surface area contributed by atoms with Gasteiger partial charge in [0.25, 0.3) is 0 Å². The third-order valence-corrected chi connectivity index (χ3v) is 4.55. The van der Waals surface area contributed by atoms with Crippen molar-refractivity contribution in [3.05, 3.63) is 50.9 Å². The van der Waals surface area contributed by atoms with Gasteiger partial charge in [-0.1, -0.05) is 48.0 Å². The number of halogens is 1. The van der Waals surface area contributed by atoms with Crippen LogP contribution < -0.4 is 5.32 Å². The summed E-state index contributed by atoms with van der Waals surface area (Å²) in [6.45, 7) is 5.33. The van der Waals surface area contributed by atoms with Crippen molar-refractivity contribution < 1.29 is 0 Å². The first-order valence-corrected chi connectivity index (χ1v) is 8.20. The molecule has 19 heavy (non-hydrogen) atoms. The molecule has 2 aromatic rings. The second-order valence-corrected chi connectivity index (χ2v) is 6.74. The molecular weight excluding hydrogens is 320 g/mol. The van der Waals surface area contributed by atoms with E-state index >= 15 is 0 Å². The number of hydrogen-bond donors (Lipinski definition) is 1. The van der Waals surface area contributed by atoms with Crippen molar-refractivity contribution in [3.63, 3.8) is 0 Å². The van der Waals surface area contributed by atoms with Crippen molar-refractivity contribution >= 4 is 27.3 Å². The van der Waals surface area contributed by atoms with E-state index in [1.54, 1.807) is 11.3 Å². The first-order chi connectivity index (χ1) is 9.16. The molecule has 0 amide bonds. The molecule has 0 aliphatic carbocycles. The molecule has 0 spiro atoms. The molecule has 1 heterocycles. The van der Waals surface area contributed by atoms with Crippen LogP contribution in [-0.4, -0.2) is 17.6 Å². The molecule has 0 saturated carbocycles. The lowest BCUT2D eigenvalue weighted by Crippen LogP contribution is -2.29. The largest absolute Gasteiger partial charge is 0.314 e. The fourth-order valence-electron chi connectivity index (χ4n) is 2.04. The SMILES string of the molecule is CC(C)NCC(Cc1nccs1)c1ccccc1Br. The molecule has 0 saturated heterocycles. The summed E-state index contributed by atoms with van der Waals surface area (Å²) in [4.78, 5) is 4.41. The Balaban J connectivity index is 2.16. The normalized spacial score (nSPS) is 12.8. The lowest BCUT2D eigenvalue weighted by Gasteiger charge is -2.20. The van der Waals surface area contributed by atoms with E-state index in [1.807, 2.05) is 11.6 Å². The summed E-state index contributed by atoms with van der Waals surface area (Å²) in [6, 6.07) is 8.97. The minimum atomic E-state index is 0.448. The average molecular weight is 339 g/mol. The monoisotopic (exact) mass is 338 g/mol. The molecule has 0 aliphatic rings. The lowest BCUT2D eigenvalue weighted by atomic mass is 9.95. The minimum Gasteiger partial charge on any atom is -0.314 e. The molecule has 0 bridgehead atoms. The summed E-state index contributed by atoms with van der Waals surface area (Å²) in [7, 11) is 0. The Kier molecular flexibility index (Phi) is 5.55. The van der Waals surface area contributed by atoms with Crippen LogP contribution >= 0.6 is 27.3 Å². The molecule has 2 nitrogen and oxygen atoms in total.